The van der Waals surface area contributed by atoms with E-state index in [0.29, 0.717) is 19.1 Å². The molecule has 3 heteroatoms. The number of aliphatic hydroxyl groups excluding tert-OH is 1. The van der Waals surface area contributed by atoms with Crippen LogP contribution in [0.4, 0.5) is 0 Å². The molecule has 1 aliphatic rings. The van der Waals surface area contributed by atoms with Crippen molar-refractivity contribution in [3.05, 3.63) is 35.9 Å². The molecule has 1 aliphatic carbocycles. The van der Waals surface area contributed by atoms with Gasteiger partial charge in [0.1, 0.15) is 0 Å². The zero-order chi connectivity index (χ0) is 14.4. The molecule has 1 aromatic rings. The quantitative estimate of drug-likeness (QED) is 0.840. The second-order valence-electron chi connectivity index (χ2n) is 6.19. The van der Waals surface area contributed by atoms with E-state index in [1.807, 2.05) is 30.3 Å². The van der Waals surface area contributed by atoms with Gasteiger partial charge in [0.05, 0.1) is 18.2 Å². The Morgan fingerprint density at radius 3 is 2.70 bits per heavy atom. The average Bonchev–Trinajstić information content (AvgIpc) is 2.48. The third-order valence-electron chi connectivity index (χ3n) is 4.42. The Morgan fingerprint density at radius 2 is 2.05 bits per heavy atom. The van der Waals surface area contributed by atoms with Crippen molar-refractivity contribution in [1.29, 1.82) is 0 Å². The van der Waals surface area contributed by atoms with Gasteiger partial charge in [0.25, 0.3) is 0 Å². The highest BCUT2D eigenvalue weighted by molar-refractivity contribution is 5.23. The molecular formula is C17H27NO2. The zero-order valence-electron chi connectivity index (χ0n) is 12.4. The second-order valence-corrected chi connectivity index (χ2v) is 6.19. The summed E-state index contributed by atoms with van der Waals surface area (Å²) in [5.74, 6) is 0.767. The van der Waals surface area contributed by atoms with E-state index in [1.165, 1.54) is 12.8 Å². The van der Waals surface area contributed by atoms with Crippen molar-refractivity contribution in [1.82, 2.24) is 0 Å². The first-order chi connectivity index (χ1) is 9.64. The maximum Gasteiger partial charge on any atom is 0.0666 e. The third kappa shape index (κ3) is 4.05. The predicted octanol–water partition coefficient (Wildman–Crippen LogP) is 2.82. The third-order valence-corrected chi connectivity index (χ3v) is 4.42. The van der Waals surface area contributed by atoms with Crippen LogP contribution < -0.4 is 5.73 Å². The molecule has 1 fully saturated rings. The number of nitrogens with two attached hydrogens (primary N) is 1. The molecule has 3 unspecified atom stereocenters. The van der Waals surface area contributed by atoms with E-state index >= 15 is 0 Å². The molecular weight excluding hydrogens is 250 g/mol. The Balaban J connectivity index is 1.84. The van der Waals surface area contributed by atoms with Crippen molar-refractivity contribution in [3.8, 4) is 0 Å². The summed E-state index contributed by atoms with van der Waals surface area (Å²) in [6.45, 7) is 2.85. The van der Waals surface area contributed by atoms with E-state index < -0.39 is 5.54 Å². The van der Waals surface area contributed by atoms with Gasteiger partial charge in [-0.25, -0.2) is 0 Å². The molecule has 1 saturated carbocycles. The van der Waals surface area contributed by atoms with Gasteiger partial charge in [-0.3, -0.25) is 0 Å². The van der Waals surface area contributed by atoms with E-state index in [4.69, 9.17) is 10.5 Å². The summed E-state index contributed by atoms with van der Waals surface area (Å²) < 4.78 is 5.98. The minimum absolute atomic E-state index is 0.0541. The molecule has 3 atom stereocenters. The van der Waals surface area contributed by atoms with Crippen LogP contribution in [0, 0.1) is 5.92 Å². The number of benzene rings is 1. The number of hydrogen-bond donors (Lipinski definition) is 2. The first kappa shape index (κ1) is 15.5. The SMILES string of the molecule is CC1CCCC(OCCC(N)(CO)c2ccccc2)C1. The van der Waals surface area contributed by atoms with Crippen LogP contribution in [0.15, 0.2) is 30.3 Å². The fraction of sp³-hybridized carbons (Fsp3) is 0.647. The molecule has 3 nitrogen and oxygen atoms in total. The molecule has 0 spiro atoms. The van der Waals surface area contributed by atoms with Crippen LogP contribution >= 0.6 is 0 Å². The predicted molar refractivity (Wildman–Crippen MR) is 81.4 cm³/mol. The van der Waals surface area contributed by atoms with E-state index in [-0.39, 0.29) is 6.61 Å². The first-order valence-electron chi connectivity index (χ1n) is 7.71. The van der Waals surface area contributed by atoms with Gasteiger partial charge in [-0.2, -0.15) is 0 Å². The summed E-state index contributed by atoms with van der Waals surface area (Å²) >= 11 is 0. The van der Waals surface area contributed by atoms with E-state index in [1.54, 1.807) is 0 Å². The molecule has 20 heavy (non-hydrogen) atoms. The molecule has 1 aromatic carbocycles. The Hall–Kier alpha value is -0.900. The number of aliphatic hydroxyl groups is 1. The lowest BCUT2D eigenvalue weighted by atomic mass is 9.87. The molecule has 0 aromatic heterocycles. The summed E-state index contributed by atoms with van der Waals surface area (Å²) in [6, 6.07) is 9.81. The molecule has 0 bridgehead atoms. The Morgan fingerprint density at radius 1 is 1.30 bits per heavy atom. The van der Waals surface area contributed by atoms with Crippen molar-refractivity contribution in [2.24, 2.45) is 11.7 Å². The fourth-order valence-corrected chi connectivity index (χ4v) is 3.02. The highest BCUT2D eigenvalue weighted by atomic mass is 16.5. The fourth-order valence-electron chi connectivity index (χ4n) is 3.02. The van der Waals surface area contributed by atoms with Crippen LogP contribution in [0.2, 0.25) is 0 Å². The van der Waals surface area contributed by atoms with Gasteiger partial charge >= 0.3 is 0 Å². The van der Waals surface area contributed by atoms with Crippen LogP contribution in [-0.2, 0) is 10.3 Å². The minimum Gasteiger partial charge on any atom is -0.394 e. The maximum absolute atomic E-state index is 9.64. The lowest BCUT2D eigenvalue weighted by molar-refractivity contribution is 0.00246. The zero-order valence-corrected chi connectivity index (χ0v) is 12.4. The molecule has 0 saturated heterocycles. The van der Waals surface area contributed by atoms with Crippen molar-refractivity contribution < 1.29 is 9.84 Å². The van der Waals surface area contributed by atoms with Crippen molar-refractivity contribution in [2.45, 2.75) is 50.7 Å². The summed E-state index contributed by atoms with van der Waals surface area (Å²) in [4.78, 5) is 0. The summed E-state index contributed by atoms with van der Waals surface area (Å²) in [5, 5.41) is 9.64. The Bertz CT molecular complexity index is 395. The number of hydrogen-bond acceptors (Lipinski definition) is 3. The van der Waals surface area contributed by atoms with Gasteiger partial charge in [-0.15, -0.1) is 0 Å². The normalized spacial score (nSPS) is 26.1. The topological polar surface area (TPSA) is 55.5 Å². The lowest BCUT2D eigenvalue weighted by Gasteiger charge is -2.31. The van der Waals surface area contributed by atoms with Gasteiger partial charge < -0.3 is 15.6 Å². The Kier molecular flexibility index (Phi) is 5.58. The van der Waals surface area contributed by atoms with Gasteiger partial charge in [-0.1, -0.05) is 50.1 Å². The van der Waals surface area contributed by atoms with Crippen LogP contribution in [0.5, 0.6) is 0 Å². The second kappa shape index (κ2) is 7.21. The standard InChI is InChI=1S/C17H27NO2/c1-14-6-5-9-16(12-14)20-11-10-17(18,13-19)15-7-3-2-4-8-15/h2-4,7-8,14,16,19H,5-6,9-13,18H2,1H3. The van der Waals surface area contributed by atoms with E-state index in [0.717, 1.165) is 24.3 Å². The van der Waals surface area contributed by atoms with Crippen LogP contribution in [0.1, 0.15) is 44.6 Å². The highest BCUT2D eigenvalue weighted by Gasteiger charge is 2.27. The highest BCUT2D eigenvalue weighted by Crippen LogP contribution is 2.27. The first-order valence-corrected chi connectivity index (χ1v) is 7.71. The van der Waals surface area contributed by atoms with Crippen molar-refractivity contribution in [3.63, 3.8) is 0 Å². The molecule has 0 amide bonds. The maximum atomic E-state index is 9.64. The minimum atomic E-state index is -0.693. The average molecular weight is 277 g/mol. The van der Waals surface area contributed by atoms with Crippen molar-refractivity contribution >= 4 is 0 Å². The monoisotopic (exact) mass is 277 g/mol. The summed E-state index contributed by atoms with van der Waals surface area (Å²) in [7, 11) is 0. The molecule has 2 rings (SSSR count). The van der Waals surface area contributed by atoms with Gasteiger partial charge in [0.15, 0.2) is 0 Å². The number of ether oxygens (including phenoxy) is 1. The van der Waals surface area contributed by atoms with Crippen molar-refractivity contribution in [2.75, 3.05) is 13.2 Å². The van der Waals surface area contributed by atoms with E-state index in [2.05, 4.69) is 6.92 Å². The molecule has 3 N–H and O–H groups in total. The molecule has 0 radical (unpaired) electrons. The van der Waals surface area contributed by atoms with Gasteiger partial charge in [0.2, 0.25) is 0 Å². The Labute approximate surface area is 122 Å². The molecule has 0 aliphatic heterocycles. The largest absolute Gasteiger partial charge is 0.394 e. The summed E-state index contributed by atoms with van der Waals surface area (Å²) in [6.07, 6.45) is 5.92. The number of rotatable bonds is 6. The smallest absolute Gasteiger partial charge is 0.0666 e. The van der Waals surface area contributed by atoms with Crippen LogP contribution in [0.25, 0.3) is 0 Å². The lowest BCUT2D eigenvalue weighted by Crippen LogP contribution is -2.42. The van der Waals surface area contributed by atoms with Crippen LogP contribution in [-0.4, -0.2) is 24.4 Å². The molecule has 0 heterocycles. The van der Waals surface area contributed by atoms with Gasteiger partial charge in [0, 0.05) is 6.61 Å². The summed E-state index contributed by atoms with van der Waals surface area (Å²) in [5.41, 5.74) is 6.61. The van der Waals surface area contributed by atoms with E-state index in [9.17, 15) is 5.11 Å². The van der Waals surface area contributed by atoms with Crippen LogP contribution in [0.3, 0.4) is 0 Å². The van der Waals surface area contributed by atoms with Gasteiger partial charge in [-0.05, 0) is 30.7 Å². The molecule has 112 valence electrons.